The molecule has 0 radical (unpaired) electrons. The zero-order valence-electron chi connectivity index (χ0n) is 7.19. The summed E-state index contributed by atoms with van der Waals surface area (Å²) >= 11 is 0. The first-order chi connectivity index (χ1) is 4.31. The van der Waals surface area contributed by atoms with E-state index in [0.717, 1.165) is 12.4 Å². The van der Waals surface area contributed by atoms with Gasteiger partial charge in [-0.05, 0) is 20.8 Å². The summed E-state index contributed by atoms with van der Waals surface area (Å²) in [5, 5.41) is 0. The van der Waals surface area contributed by atoms with Crippen molar-refractivity contribution < 1.29 is 4.74 Å². The predicted molar refractivity (Wildman–Crippen MR) is 42.4 cm³/mol. The Balaban J connectivity index is 0. The molecule has 0 unspecified atom stereocenters. The number of rotatable bonds is 2. The molecule has 9 heavy (non-hydrogen) atoms. The quantitative estimate of drug-likeness (QED) is 0.522. The summed E-state index contributed by atoms with van der Waals surface area (Å²) in [4.78, 5) is 0. The van der Waals surface area contributed by atoms with Crippen LogP contribution in [0.3, 0.4) is 0 Å². The fraction of sp³-hybridized carbons (Fsp3) is 0.750. The van der Waals surface area contributed by atoms with Crippen LogP contribution in [0.2, 0.25) is 0 Å². The monoisotopic (exact) mass is 130 g/mol. The van der Waals surface area contributed by atoms with E-state index < -0.39 is 0 Å². The molecule has 0 bridgehead atoms. The van der Waals surface area contributed by atoms with Crippen molar-refractivity contribution in [2.45, 2.75) is 34.6 Å². The summed E-state index contributed by atoms with van der Waals surface area (Å²) in [7, 11) is 0. The van der Waals surface area contributed by atoms with E-state index in [1.807, 2.05) is 40.7 Å². The van der Waals surface area contributed by atoms with Gasteiger partial charge in [0, 0.05) is 0 Å². The van der Waals surface area contributed by atoms with Crippen LogP contribution in [0.15, 0.2) is 11.8 Å². The van der Waals surface area contributed by atoms with E-state index in [2.05, 4.69) is 0 Å². The Morgan fingerprint density at radius 2 is 1.89 bits per heavy atom. The smallest absolute Gasteiger partial charge is 0.0886 e. The largest absolute Gasteiger partial charge is 0.499 e. The molecule has 0 N–H and O–H groups in total. The van der Waals surface area contributed by atoms with E-state index in [4.69, 9.17) is 4.74 Å². The molecule has 0 fully saturated rings. The minimum absolute atomic E-state index is 0.774. The number of allylic oxidation sites excluding steroid dienone is 2. The third-order valence-corrected chi connectivity index (χ3v) is 0.779. The Kier molecular flexibility index (Phi) is 13.3. The van der Waals surface area contributed by atoms with Gasteiger partial charge in [-0.1, -0.05) is 19.9 Å². The average molecular weight is 130 g/mol. The van der Waals surface area contributed by atoms with Crippen molar-refractivity contribution in [3.63, 3.8) is 0 Å². The van der Waals surface area contributed by atoms with Crippen LogP contribution in [-0.2, 0) is 4.74 Å². The molecule has 0 aromatic carbocycles. The van der Waals surface area contributed by atoms with E-state index >= 15 is 0 Å². The SMILES string of the molecule is C/C=C(/C)OCC.CC. The topological polar surface area (TPSA) is 9.23 Å². The second-order valence-electron chi connectivity index (χ2n) is 1.33. The zero-order valence-corrected chi connectivity index (χ0v) is 7.19. The zero-order chi connectivity index (χ0) is 7.70. The molecule has 0 aromatic rings. The third kappa shape index (κ3) is 11.2. The highest BCUT2D eigenvalue weighted by molar-refractivity contribution is 4.83. The van der Waals surface area contributed by atoms with E-state index in [9.17, 15) is 0 Å². The van der Waals surface area contributed by atoms with Gasteiger partial charge in [0.05, 0.1) is 12.4 Å². The first-order valence-corrected chi connectivity index (χ1v) is 3.57. The fourth-order valence-corrected chi connectivity index (χ4v) is 0.311. The summed E-state index contributed by atoms with van der Waals surface area (Å²) in [5.41, 5.74) is 0. The molecule has 0 aliphatic carbocycles. The normalized spacial score (nSPS) is 9.67. The van der Waals surface area contributed by atoms with Gasteiger partial charge in [0.1, 0.15) is 0 Å². The van der Waals surface area contributed by atoms with Gasteiger partial charge in [-0.15, -0.1) is 0 Å². The van der Waals surface area contributed by atoms with Gasteiger partial charge >= 0.3 is 0 Å². The molecular weight excluding hydrogens is 112 g/mol. The first kappa shape index (κ1) is 11.4. The first-order valence-electron chi connectivity index (χ1n) is 3.57. The molecule has 0 aliphatic heterocycles. The maximum Gasteiger partial charge on any atom is 0.0886 e. The maximum absolute atomic E-state index is 5.05. The molecular formula is C8H18O. The van der Waals surface area contributed by atoms with Crippen molar-refractivity contribution in [3.8, 4) is 0 Å². The van der Waals surface area contributed by atoms with Gasteiger partial charge < -0.3 is 4.74 Å². The molecule has 0 heterocycles. The Morgan fingerprint density at radius 3 is 2.00 bits per heavy atom. The lowest BCUT2D eigenvalue weighted by atomic mass is 10.5. The molecule has 1 heteroatoms. The molecule has 0 amide bonds. The predicted octanol–water partition coefficient (Wildman–Crippen LogP) is 2.97. The summed E-state index contributed by atoms with van der Waals surface area (Å²) in [6.45, 7) is 10.7. The van der Waals surface area contributed by atoms with Crippen molar-refractivity contribution in [3.05, 3.63) is 11.8 Å². The summed E-state index contributed by atoms with van der Waals surface area (Å²) in [5.74, 6) is 1.00. The van der Waals surface area contributed by atoms with Crippen LogP contribution in [0.4, 0.5) is 0 Å². The van der Waals surface area contributed by atoms with E-state index in [-0.39, 0.29) is 0 Å². The second kappa shape index (κ2) is 10.5. The summed E-state index contributed by atoms with van der Waals surface area (Å²) in [6, 6.07) is 0. The molecule has 0 rings (SSSR count). The highest BCUT2D eigenvalue weighted by Gasteiger charge is 1.77. The van der Waals surface area contributed by atoms with Crippen molar-refractivity contribution in [1.29, 1.82) is 0 Å². The highest BCUT2D eigenvalue weighted by Crippen LogP contribution is 1.91. The second-order valence-corrected chi connectivity index (χ2v) is 1.33. The van der Waals surface area contributed by atoms with Gasteiger partial charge in [-0.3, -0.25) is 0 Å². The lowest BCUT2D eigenvalue weighted by molar-refractivity contribution is 0.231. The fourth-order valence-electron chi connectivity index (χ4n) is 0.311. The van der Waals surface area contributed by atoms with Crippen molar-refractivity contribution in [2.75, 3.05) is 6.61 Å². The Hall–Kier alpha value is -0.460. The lowest BCUT2D eigenvalue weighted by Crippen LogP contribution is -1.83. The molecule has 0 spiro atoms. The molecule has 0 saturated carbocycles. The summed E-state index contributed by atoms with van der Waals surface area (Å²) in [6.07, 6.45) is 1.95. The van der Waals surface area contributed by atoms with Crippen LogP contribution in [0.25, 0.3) is 0 Å². The lowest BCUT2D eigenvalue weighted by Gasteiger charge is -1.98. The summed E-state index contributed by atoms with van der Waals surface area (Å²) < 4.78 is 5.05. The van der Waals surface area contributed by atoms with Crippen molar-refractivity contribution in [2.24, 2.45) is 0 Å². The third-order valence-electron chi connectivity index (χ3n) is 0.779. The number of hydrogen-bond acceptors (Lipinski definition) is 1. The van der Waals surface area contributed by atoms with Crippen molar-refractivity contribution >= 4 is 0 Å². The molecule has 0 aliphatic rings. The van der Waals surface area contributed by atoms with Crippen molar-refractivity contribution in [1.82, 2.24) is 0 Å². The van der Waals surface area contributed by atoms with Gasteiger partial charge in [0.25, 0.3) is 0 Å². The maximum atomic E-state index is 5.05. The van der Waals surface area contributed by atoms with Gasteiger partial charge in [0.2, 0.25) is 0 Å². The highest BCUT2D eigenvalue weighted by atomic mass is 16.5. The van der Waals surface area contributed by atoms with E-state index in [1.165, 1.54) is 0 Å². The standard InChI is InChI=1S/C6H12O.C2H6/c1-4-6(3)7-5-2;1-2/h4H,5H2,1-3H3;1-2H3/b6-4-;. The van der Waals surface area contributed by atoms with Crippen LogP contribution in [0, 0.1) is 0 Å². The molecule has 0 saturated heterocycles. The Labute approximate surface area is 58.7 Å². The molecule has 56 valence electrons. The van der Waals surface area contributed by atoms with Crippen LogP contribution in [0.5, 0.6) is 0 Å². The van der Waals surface area contributed by atoms with Crippen LogP contribution in [0.1, 0.15) is 34.6 Å². The van der Waals surface area contributed by atoms with Crippen LogP contribution in [-0.4, -0.2) is 6.61 Å². The Morgan fingerprint density at radius 1 is 1.44 bits per heavy atom. The van der Waals surface area contributed by atoms with Gasteiger partial charge in [-0.2, -0.15) is 0 Å². The van der Waals surface area contributed by atoms with E-state index in [1.54, 1.807) is 0 Å². The minimum Gasteiger partial charge on any atom is -0.499 e. The average Bonchev–Trinajstić information content (AvgIpc) is 1.93. The van der Waals surface area contributed by atoms with Gasteiger partial charge in [0.15, 0.2) is 0 Å². The number of ether oxygens (including phenoxy) is 1. The number of hydrogen-bond donors (Lipinski definition) is 0. The molecule has 1 nitrogen and oxygen atoms in total. The van der Waals surface area contributed by atoms with Crippen LogP contribution >= 0.6 is 0 Å². The van der Waals surface area contributed by atoms with Gasteiger partial charge in [-0.25, -0.2) is 0 Å². The van der Waals surface area contributed by atoms with E-state index in [0.29, 0.717) is 0 Å². The molecule has 0 aromatic heterocycles. The molecule has 0 atom stereocenters. The van der Waals surface area contributed by atoms with Crippen LogP contribution < -0.4 is 0 Å². The minimum atomic E-state index is 0.774. The Bertz CT molecular complexity index is 65.0.